The molecule has 0 spiro atoms. The van der Waals surface area contributed by atoms with Crippen molar-refractivity contribution in [3.05, 3.63) is 35.4 Å². The molecule has 1 atom stereocenters. The zero-order chi connectivity index (χ0) is 10.6. The second kappa shape index (κ2) is 4.77. The molecule has 0 fully saturated rings. The van der Waals surface area contributed by atoms with Gasteiger partial charge in [0.25, 0.3) is 0 Å². The average Bonchev–Trinajstić information content (AvgIpc) is 2.15. The topological polar surface area (TPSA) is 46.5 Å². The van der Waals surface area contributed by atoms with Gasteiger partial charge in [0.15, 0.2) is 0 Å². The highest BCUT2D eigenvalue weighted by atomic mass is 16.5. The lowest BCUT2D eigenvalue weighted by Gasteiger charge is -2.06. The summed E-state index contributed by atoms with van der Waals surface area (Å²) in [6.07, 6.45) is -0.621. The molecule has 3 heteroatoms. The van der Waals surface area contributed by atoms with Gasteiger partial charge in [0.05, 0.1) is 11.7 Å². The van der Waals surface area contributed by atoms with E-state index in [0.29, 0.717) is 5.56 Å². The lowest BCUT2D eigenvalue weighted by atomic mass is 10.1. The number of benzene rings is 1. The Morgan fingerprint density at radius 1 is 1.43 bits per heavy atom. The van der Waals surface area contributed by atoms with Crippen LogP contribution in [0.25, 0.3) is 0 Å². The number of carbonyl (C=O) groups excluding carboxylic acids is 1. The molecule has 0 saturated carbocycles. The van der Waals surface area contributed by atoms with E-state index < -0.39 is 12.1 Å². The maximum Gasteiger partial charge on any atom is 0.338 e. The highest BCUT2D eigenvalue weighted by Crippen LogP contribution is 2.04. The van der Waals surface area contributed by atoms with Crippen LogP contribution in [0.2, 0.25) is 0 Å². The van der Waals surface area contributed by atoms with Crippen molar-refractivity contribution < 1.29 is 14.6 Å². The van der Waals surface area contributed by atoms with Crippen LogP contribution in [0.5, 0.6) is 0 Å². The number of hydrogen-bond acceptors (Lipinski definition) is 3. The minimum Gasteiger partial charge on any atom is -0.459 e. The summed E-state index contributed by atoms with van der Waals surface area (Å²) < 4.78 is 4.84. The van der Waals surface area contributed by atoms with E-state index in [-0.39, 0.29) is 6.61 Å². The van der Waals surface area contributed by atoms with Gasteiger partial charge in [-0.05, 0) is 26.0 Å². The molecule has 0 amide bonds. The van der Waals surface area contributed by atoms with Crippen molar-refractivity contribution in [2.45, 2.75) is 20.0 Å². The average molecular weight is 194 g/mol. The molecular weight excluding hydrogens is 180 g/mol. The van der Waals surface area contributed by atoms with Crippen LogP contribution in [0, 0.1) is 6.92 Å². The van der Waals surface area contributed by atoms with Crippen LogP contribution in [0.3, 0.4) is 0 Å². The molecule has 76 valence electrons. The summed E-state index contributed by atoms with van der Waals surface area (Å²) in [6, 6.07) is 7.11. The Morgan fingerprint density at radius 2 is 2.00 bits per heavy atom. The SMILES string of the molecule is Cc1ccc(C(=O)OCC(C)O)cc1. The molecule has 0 aliphatic heterocycles. The molecule has 0 bridgehead atoms. The number of hydrogen-bond donors (Lipinski definition) is 1. The molecule has 0 saturated heterocycles. The fraction of sp³-hybridized carbons (Fsp3) is 0.364. The summed E-state index contributed by atoms with van der Waals surface area (Å²) in [4.78, 5) is 11.3. The molecule has 1 aromatic carbocycles. The number of rotatable bonds is 3. The lowest BCUT2D eigenvalue weighted by molar-refractivity contribution is 0.0296. The first-order chi connectivity index (χ1) is 6.59. The normalized spacial score (nSPS) is 12.2. The van der Waals surface area contributed by atoms with Crippen LogP contribution >= 0.6 is 0 Å². The molecule has 1 aromatic rings. The van der Waals surface area contributed by atoms with Gasteiger partial charge in [0, 0.05) is 0 Å². The Bertz CT molecular complexity index is 301. The second-order valence-corrected chi connectivity index (χ2v) is 3.31. The van der Waals surface area contributed by atoms with Crippen molar-refractivity contribution in [3.8, 4) is 0 Å². The van der Waals surface area contributed by atoms with Crippen molar-refractivity contribution in [2.75, 3.05) is 6.61 Å². The quantitative estimate of drug-likeness (QED) is 0.742. The monoisotopic (exact) mass is 194 g/mol. The van der Waals surface area contributed by atoms with Crippen LogP contribution in [-0.2, 0) is 4.74 Å². The Kier molecular flexibility index (Phi) is 3.65. The first-order valence-corrected chi connectivity index (χ1v) is 4.51. The molecule has 0 heterocycles. The number of aryl methyl sites for hydroxylation is 1. The van der Waals surface area contributed by atoms with Crippen molar-refractivity contribution in [2.24, 2.45) is 0 Å². The predicted octanol–water partition coefficient (Wildman–Crippen LogP) is 1.53. The summed E-state index contributed by atoms with van der Waals surface area (Å²) in [7, 11) is 0. The van der Waals surface area contributed by atoms with Gasteiger partial charge < -0.3 is 9.84 Å². The van der Waals surface area contributed by atoms with Crippen molar-refractivity contribution in [1.29, 1.82) is 0 Å². The number of carbonyl (C=O) groups is 1. The number of aliphatic hydroxyl groups is 1. The van der Waals surface area contributed by atoms with E-state index in [1.165, 1.54) is 0 Å². The standard InChI is InChI=1S/C11H14O3/c1-8-3-5-10(6-4-8)11(13)14-7-9(2)12/h3-6,9,12H,7H2,1-2H3. The van der Waals surface area contributed by atoms with E-state index in [1.54, 1.807) is 19.1 Å². The van der Waals surface area contributed by atoms with Gasteiger partial charge in [-0.2, -0.15) is 0 Å². The van der Waals surface area contributed by atoms with Gasteiger partial charge in [-0.1, -0.05) is 17.7 Å². The Balaban J connectivity index is 2.57. The molecule has 1 N–H and O–H groups in total. The zero-order valence-electron chi connectivity index (χ0n) is 8.36. The van der Waals surface area contributed by atoms with Gasteiger partial charge in [-0.15, -0.1) is 0 Å². The summed E-state index contributed by atoms with van der Waals surface area (Å²) >= 11 is 0. The lowest BCUT2D eigenvalue weighted by Crippen LogP contribution is -2.15. The van der Waals surface area contributed by atoms with Crippen LogP contribution < -0.4 is 0 Å². The molecule has 0 aromatic heterocycles. The van der Waals surface area contributed by atoms with Crippen molar-refractivity contribution in [3.63, 3.8) is 0 Å². The smallest absolute Gasteiger partial charge is 0.338 e. The third-order valence-electron chi connectivity index (χ3n) is 1.74. The largest absolute Gasteiger partial charge is 0.459 e. The predicted molar refractivity (Wildman–Crippen MR) is 53.1 cm³/mol. The van der Waals surface area contributed by atoms with E-state index in [9.17, 15) is 4.79 Å². The zero-order valence-corrected chi connectivity index (χ0v) is 8.36. The molecule has 3 nitrogen and oxygen atoms in total. The summed E-state index contributed by atoms with van der Waals surface area (Å²) in [6.45, 7) is 3.56. The Labute approximate surface area is 83.3 Å². The first kappa shape index (κ1) is 10.7. The number of ether oxygens (including phenoxy) is 1. The maximum atomic E-state index is 11.3. The molecule has 1 rings (SSSR count). The van der Waals surface area contributed by atoms with Crippen molar-refractivity contribution in [1.82, 2.24) is 0 Å². The molecule has 14 heavy (non-hydrogen) atoms. The molecule has 1 unspecified atom stereocenters. The fourth-order valence-corrected chi connectivity index (χ4v) is 0.969. The minimum atomic E-state index is -0.621. The van der Waals surface area contributed by atoms with Crippen molar-refractivity contribution >= 4 is 5.97 Å². The van der Waals surface area contributed by atoms with Crippen LogP contribution in [-0.4, -0.2) is 23.8 Å². The number of aliphatic hydroxyl groups excluding tert-OH is 1. The molecular formula is C11H14O3. The second-order valence-electron chi connectivity index (χ2n) is 3.31. The van der Waals surface area contributed by atoms with Crippen LogP contribution in [0.15, 0.2) is 24.3 Å². The third kappa shape index (κ3) is 3.18. The van der Waals surface area contributed by atoms with E-state index in [0.717, 1.165) is 5.56 Å². The van der Waals surface area contributed by atoms with Gasteiger partial charge in [-0.3, -0.25) is 0 Å². The maximum absolute atomic E-state index is 11.3. The van der Waals surface area contributed by atoms with Gasteiger partial charge in [-0.25, -0.2) is 4.79 Å². The Morgan fingerprint density at radius 3 is 2.50 bits per heavy atom. The van der Waals surface area contributed by atoms with Crippen LogP contribution in [0.1, 0.15) is 22.8 Å². The minimum absolute atomic E-state index is 0.0344. The van der Waals surface area contributed by atoms with E-state index in [4.69, 9.17) is 9.84 Å². The third-order valence-corrected chi connectivity index (χ3v) is 1.74. The summed E-state index contributed by atoms with van der Waals surface area (Å²) in [5, 5.41) is 8.92. The summed E-state index contributed by atoms with van der Waals surface area (Å²) in [5.74, 6) is -0.397. The molecule has 0 radical (unpaired) electrons. The van der Waals surface area contributed by atoms with E-state index in [2.05, 4.69) is 0 Å². The van der Waals surface area contributed by atoms with E-state index >= 15 is 0 Å². The first-order valence-electron chi connectivity index (χ1n) is 4.51. The Hall–Kier alpha value is -1.35. The van der Waals surface area contributed by atoms with Gasteiger partial charge >= 0.3 is 5.97 Å². The highest BCUT2D eigenvalue weighted by molar-refractivity contribution is 5.89. The van der Waals surface area contributed by atoms with E-state index in [1.807, 2.05) is 19.1 Å². The molecule has 0 aliphatic rings. The van der Waals surface area contributed by atoms with Crippen LogP contribution in [0.4, 0.5) is 0 Å². The fourth-order valence-electron chi connectivity index (χ4n) is 0.969. The highest BCUT2D eigenvalue weighted by Gasteiger charge is 2.07. The summed E-state index contributed by atoms with van der Waals surface area (Å²) in [5.41, 5.74) is 1.60. The number of esters is 1. The van der Waals surface area contributed by atoms with Gasteiger partial charge in [0.2, 0.25) is 0 Å². The molecule has 0 aliphatic carbocycles. The van der Waals surface area contributed by atoms with Gasteiger partial charge in [0.1, 0.15) is 6.61 Å².